The number of carbonyl (C=O) groups excluding carboxylic acids is 1. The Hall–Kier alpha value is -2.62. The summed E-state index contributed by atoms with van der Waals surface area (Å²) in [4.78, 5) is 26.7. The third-order valence-corrected chi connectivity index (χ3v) is 4.26. The van der Waals surface area contributed by atoms with Crippen LogP contribution >= 0.6 is 0 Å². The normalized spacial score (nSPS) is 11.6. The highest BCUT2D eigenvalue weighted by Crippen LogP contribution is 2.29. The van der Waals surface area contributed by atoms with E-state index in [1.165, 1.54) is 0 Å². The molecule has 0 bridgehead atoms. The number of carbonyl (C=O) groups is 1. The van der Waals surface area contributed by atoms with E-state index in [-0.39, 0.29) is 23.1 Å². The lowest BCUT2D eigenvalue weighted by Gasteiger charge is -2.32. The second-order valence-corrected chi connectivity index (χ2v) is 6.52. The monoisotopic (exact) mass is 323 g/mol. The van der Waals surface area contributed by atoms with Crippen molar-refractivity contribution >= 4 is 33.9 Å². The molecule has 0 fully saturated rings. The van der Waals surface area contributed by atoms with E-state index in [1.54, 1.807) is 6.07 Å². The molecule has 0 unspecified atom stereocenters. The maximum absolute atomic E-state index is 13.0. The van der Waals surface area contributed by atoms with Crippen LogP contribution in [0.5, 0.6) is 0 Å². The third-order valence-electron chi connectivity index (χ3n) is 4.26. The second-order valence-electron chi connectivity index (χ2n) is 6.52. The van der Waals surface area contributed by atoms with Gasteiger partial charge in [0.2, 0.25) is 11.3 Å². The predicted molar refractivity (Wildman–Crippen MR) is 98.1 cm³/mol. The molecule has 0 saturated carbocycles. The Bertz CT molecular complexity index is 962. The van der Waals surface area contributed by atoms with Crippen LogP contribution in [0.1, 0.15) is 38.1 Å². The van der Waals surface area contributed by atoms with Gasteiger partial charge in [-0.1, -0.05) is 30.3 Å². The summed E-state index contributed by atoms with van der Waals surface area (Å²) in [5.74, 6) is 0.350. The topological polar surface area (TPSA) is 50.5 Å². The van der Waals surface area contributed by atoms with Crippen LogP contribution < -0.4 is 10.3 Å². The zero-order chi connectivity index (χ0) is 17.4. The zero-order valence-electron chi connectivity index (χ0n) is 14.4. The first-order valence-corrected chi connectivity index (χ1v) is 8.17. The van der Waals surface area contributed by atoms with Crippen LogP contribution in [-0.4, -0.2) is 18.4 Å². The number of nitrogens with zero attached hydrogens (tertiary/aromatic N) is 1. The Morgan fingerprint density at radius 1 is 1.00 bits per heavy atom. The van der Waals surface area contributed by atoms with Gasteiger partial charge >= 0.3 is 0 Å². The van der Waals surface area contributed by atoms with Gasteiger partial charge in [0.15, 0.2) is 6.29 Å². The van der Waals surface area contributed by atoms with Gasteiger partial charge < -0.3 is 9.32 Å². The van der Waals surface area contributed by atoms with Crippen molar-refractivity contribution in [2.45, 2.75) is 39.8 Å². The summed E-state index contributed by atoms with van der Waals surface area (Å²) in [6, 6.07) is 11.6. The number of hydrogen-bond donors (Lipinski definition) is 0. The summed E-state index contributed by atoms with van der Waals surface area (Å²) in [5, 5.41) is 2.22. The molecule has 1 heterocycles. The molecule has 4 heteroatoms. The fourth-order valence-corrected chi connectivity index (χ4v) is 3.32. The SMILES string of the molecule is CC(C)N(c1oc2ccc3ccccc3c2c(=O)c1C=O)C(C)C. The molecule has 1 aromatic heterocycles. The van der Waals surface area contributed by atoms with Crippen molar-refractivity contribution in [1.82, 2.24) is 0 Å². The predicted octanol–water partition coefficient (Wildman–Crippen LogP) is 4.38. The molecule has 0 aliphatic carbocycles. The van der Waals surface area contributed by atoms with Gasteiger partial charge in [0, 0.05) is 12.1 Å². The first-order chi connectivity index (χ1) is 11.5. The Morgan fingerprint density at radius 3 is 2.29 bits per heavy atom. The Kier molecular flexibility index (Phi) is 4.14. The van der Waals surface area contributed by atoms with Gasteiger partial charge in [-0.05, 0) is 44.5 Å². The minimum Gasteiger partial charge on any atom is -0.439 e. The molecule has 0 N–H and O–H groups in total. The van der Waals surface area contributed by atoms with Crippen molar-refractivity contribution in [3.63, 3.8) is 0 Å². The van der Waals surface area contributed by atoms with E-state index in [1.807, 2.05) is 62.9 Å². The summed E-state index contributed by atoms with van der Waals surface area (Å²) < 4.78 is 6.05. The second kappa shape index (κ2) is 6.11. The van der Waals surface area contributed by atoms with Gasteiger partial charge in [-0.15, -0.1) is 0 Å². The highest BCUT2D eigenvalue weighted by atomic mass is 16.4. The zero-order valence-corrected chi connectivity index (χ0v) is 14.4. The summed E-state index contributed by atoms with van der Waals surface area (Å²) in [5.41, 5.74) is 0.316. The van der Waals surface area contributed by atoms with Crippen molar-refractivity contribution in [1.29, 1.82) is 0 Å². The van der Waals surface area contributed by atoms with E-state index >= 15 is 0 Å². The smallest absolute Gasteiger partial charge is 0.211 e. The van der Waals surface area contributed by atoms with Gasteiger partial charge in [-0.25, -0.2) is 0 Å². The lowest BCUT2D eigenvalue weighted by Crippen LogP contribution is -2.38. The van der Waals surface area contributed by atoms with E-state index in [9.17, 15) is 9.59 Å². The summed E-state index contributed by atoms with van der Waals surface area (Å²) in [6.45, 7) is 8.05. The number of rotatable bonds is 4. The van der Waals surface area contributed by atoms with E-state index in [4.69, 9.17) is 4.42 Å². The molecule has 4 nitrogen and oxygen atoms in total. The Morgan fingerprint density at radius 2 is 1.67 bits per heavy atom. The lowest BCUT2D eigenvalue weighted by atomic mass is 10.0. The van der Waals surface area contributed by atoms with Crippen LogP contribution in [0, 0.1) is 0 Å². The number of aldehydes is 1. The largest absolute Gasteiger partial charge is 0.439 e. The molecule has 0 radical (unpaired) electrons. The molecule has 0 amide bonds. The fraction of sp³-hybridized carbons (Fsp3) is 0.300. The molecule has 3 rings (SSSR count). The highest BCUT2D eigenvalue weighted by Gasteiger charge is 2.24. The Labute approximate surface area is 140 Å². The number of benzene rings is 2. The van der Waals surface area contributed by atoms with Crippen LogP contribution in [0.2, 0.25) is 0 Å². The molecular formula is C20H21NO3. The summed E-state index contributed by atoms with van der Waals surface area (Å²) in [6.07, 6.45) is 0.611. The average Bonchev–Trinajstić information content (AvgIpc) is 2.54. The molecule has 24 heavy (non-hydrogen) atoms. The molecule has 0 spiro atoms. The van der Waals surface area contributed by atoms with E-state index < -0.39 is 0 Å². The molecule has 3 aromatic rings. The van der Waals surface area contributed by atoms with E-state index in [0.717, 1.165) is 10.8 Å². The fourth-order valence-electron chi connectivity index (χ4n) is 3.32. The van der Waals surface area contributed by atoms with E-state index in [2.05, 4.69) is 0 Å². The number of anilines is 1. The van der Waals surface area contributed by atoms with Crippen LogP contribution in [0.4, 0.5) is 5.88 Å². The van der Waals surface area contributed by atoms with Gasteiger partial charge in [0.05, 0.1) is 5.39 Å². The molecule has 124 valence electrons. The lowest BCUT2D eigenvalue weighted by molar-refractivity contribution is 0.112. The first-order valence-electron chi connectivity index (χ1n) is 8.17. The van der Waals surface area contributed by atoms with Crippen molar-refractivity contribution < 1.29 is 9.21 Å². The number of hydrogen-bond acceptors (Lipinski definition) is 4. The molecule has 2 aromatic carbocycles. The minimum absolute atomic E-state index is 0.0845. The molecule has 0 saturated heterocycles. The van der Waals surface area contributed by atoms with Gasteiger partial charge in [-0.3, -0.25) is 9.59 Å². The van der Waals surface area contributed by atoms with Gasteiger partial charge in [0.1, 0.15) is 11.1 Å². The average molecular weight is 323 g/mol. The van der Waals surface area contributed by atoms with Crippen molar-refractivity contribution in [3.05, 3.63) is 52.2 Å². The summed E-state index contributed by atoms with van der Waals surface area (Å²) >= 11 is 0. The van der Waals surface area contributed by atoms with Gasteiger partial charge in [-0.2, -0.15) is 0 Å². The Balaban J connectivity index is 2.44. The maximum Gasteiger partial charge on any atom is 0.211 e. The maximum atomic E-state index is 13.0. The molecule has 0 aliphatic rings. The van der Waals surface area contributed by atoms with Crippen LogP contribution in [0.25, 0.3) is 21.7 Å². The number of fused-ring (bicyclic) bond motifs is 3. The van der Waals surface area contributed by atoms with Crippen LogP contribution in [0.3, 0.4) is 0 Å². The van der Waals surface area contributed by atoms with Gasteiger partial charge in [0.25, 0.3) is 0 Å². The summed E-state index contributed by atoms with van der Waals surface area (Å²) in [7, 11) is 0. The van der Waals surface area contributed by atoms with Crippen LogP contribution in [0.15, 0.2) is 45.6 Å². The molecule has 0 atom stereocenters. The first kappa shape index (κ1) is 16.2. The standard InChI is InChI=1S/C20H21NO3/c1-12(2)21(13(3)4)20-16(11-22)19(23)18-15-8-6-5-7-14(15)9-10-17(18)24-20/h5-13H,1-4H3. The van der Waals surface area contributed by atoms with Crippen molar-refractivity contribution in [2.24, 2.45) is 0 Å². The van der Waals surface area contributed by atoms with Crippen LogP contribution in [-0.2, 0) is 0 Å². The van der Waals surface area contributed by atoms with Crippen molar-refractivity contribution in [2.75, 3.05) is 4.90 Å². The van der Waals surface area contributed by atoms with E-state index in [0.29, 0.717) is 23.1 Å². The third kappa shape index (κ3) is 2.48. The molecular weight excluding hydrogens is 302 g/mol. The van der Waals surface area contributed by atoms with Crippen molar-refractivity contribution in [3.8, 4) is 0 Å². The minimum atomic E-state index is -0.274. The highest BCUT2D eigenvalue weighted by molar-refractivity contribution is 6.07. The molecule has 0 aliphatic heterocycles. The quantitative estimate of drug-likeness (QED) is 0.528.